The molecule has 0 radical (unpaired) electrons. The molecule has 1 saturated heterocycles. The molecule has 1 amide bonds. The molecule has 32 heavy (non-hydrogen) atoms. The highest BCUT2D eigenvalue weighted by atomic mass is 16.5. The number of aliphatic hydroxyl groups is 1. The van der Waals surface area contributed by atoms with E-state index in [-0.39, 0.29) is 17.9 Å². The van der Waals surface area contributed by atoms with Gasteiger partial charge >= 0.3 is 0 Å². The second kappa shape index (κ2) is 8.98. The first-order valence-corrected chi connectivity index (χ1v) is 10.1. The maximum Gasteiger partial charge on any atom is 0.295 e. The number of hydrogen-bond acceptors (Lipinski definition) is 5. The summed E-state index contributed by atoms with van der Waals surface area (Å²) in [5.41, 5.74) is 2.02. The van der Waals surface area contributed by atoms with Gasteiger partial charge in [0.15, 0.2) is 11.5 Å². The first kappa shape index (κ1) is 21.2. The molecule has 1 unspecified atom stereocenters. The maximum absolute atomic E-state index is 13.1. The number of likely N-dealkylation sites (tertiary alicyclic amines) is 1. The van der Waals surface area contributed by atoms with E-state index in [9.17, 15) is 14.7 Å². The van der Waals surface area contributed by atoms with Gasteiger partial charge in [0.2, 0.25) is 0 Å². The van der Waals surface area contributed by atoms with Crippen LogP contribution in [0.4, 0.5) is 0 Å². The Balaban J connectivity index is 1.89. The predicted molar refractivity (Wildman–Crippen MR) is 120 cm³/mol. The fourth-order valence-electron chi connectivity index (χ4n) is 3.94. The Morgan fingerprint density at radius 2 is 1.50 bits per heavy atom. The molecule has 1 heterocycles. The fraction of sp³-hybridized carbons (Fsp3) is 0.154. The molecule has 3 aromatic carbocycles. The molecule has 0 saturated carbocycles. The molecule has 0 aliphatic carbocycles. The molecular formula is C26H23NO5. The van der Waals surface area contributed by atoms with Crippen LogP contribution in [0.5, 0.6) is 11.5 Å². The van der Waals surface area contributed by atoms with Crippen LogP contribution in [-0.4, -0.2) is 35.9 Å². The van der Waals surface area contributed by atoms with E-state index in [1.807, 2.05) is 36.4 Å². The minimum absolute atomic E-state index is 0.0457. The second-order valence-electron chi connectivity index (χ2n) is 7.39. The summed E-state index contributed by atoms with van der Waals surface area (Å²) in [5, 5.41) is 11.1. The Kier molecular flexibility index (Phi) is 5.94. The Hall–Kier alpha value is -4.06. The summed E-state index contributed by atoms with van der Waals surface area (Å²) in [6, 6.07) is 22.6. The Morgan fingerprint density at radius 1 is 0.875 bits per heavy atom. The van der Waals surface area contributed by atoms with Crippen LogP contribution in [-0.2, 0) is 16.1 Å². The van der Waals surface area contributed by atoms with Crippen molar-refractivity contribution in [1.82, 2.24) is 4.90 Å². The zero-order chi connectivity index (χ0) is 22.7. The number of ether oxygens (including phenoxy) is 2. The number of carbonyl (C=O) groups excluding carboxylic acids is 2. The van der Waals surface area contributed by atoms with Gasteiger partial charge in [-0.05, 0) is 23.3 Å². The molecule has 1 fully saturated rings. The summed E-state index contributed by atoms with van der Waals surface area (Å²) in [7, 11) is 3.06. The van der Waals surface area contributed by atoms with E-state index in [1.54, 1.807) is 42.5 Å². The summed E-state index contributed by atoms with van der Waals surface area (Å²) >= 11 is 0. The van der Waals surface area contributed by atoms with Crippen molar-refractivity contribution in [3.8, 4) is 11.5 Å². The van der Waals surface area contributed by atoms with Crippen molar-refractivity contribution in [3.63, 3.8) is 0 Å². The largest absolute Gasteiger partial charge is 0.507 e. The molecule has 0 bridgehead atoms. The minimum Gasteiger partial charge on any atom is -0.507 e. The van der Waals surface area contributed by atoms with E-state index >= 15 is 0 Å². The molecule has 162 valence electrons. The lowest BCUT2D eigenvalue weighted by atomic mass is 9.95. The molecule has 0 aromatic heterocycles. The smallest absolute Gasteiger partial charge is 0.295 e. The highest BCUT2D eigenvalue weighted by Gasteiger charge is 2.46. The molecule has 1 aliphatic heterocycles. The van der Waals surface area contributed by atoms with Crippen molar-refractivity contribution in [2.45, 2.75) is 12.6 Å². The minimum atomic E-state index is -0.782. The number of carbonyl (C=O) groups is 2. The lowest BCUT2D eigenvalue weighted by Gasteiger charge is -2.26. The molecule has 1 N–H and O–H groups in total. The van der Waals surface area contributed by atoms with Gasteiger partial charge in [0.25, 0.3) is 11.7 Å². The van der Waals surface area contributed by atoms with Crippen molar-refractivity contribution in [1.29, 1.82) is 0 Å². The number of nitrogens with zero attached hydrogens (tertiary/aromatic N) is 1. The summed E-state index contributed by atoms with van der Waals surface area (Å²) < 4.78 is 10.8. The molecular weight excluding hydrogens is 406 g/mol. The summed E-state index contributed by atoms with van der Waals surface area (Å²) in [5.74, 6) is -0.596. The molecule has 3 aromatic rings. The van der Waals surface area contributed by atoms with E-state index in [0.717, 1.165) is 5.56 Å². The van der Waals surface area contributed by atoms with Crippen LogP contribution < -0.4 is 9.47 Å². The molecule has 0 spiro atoms. The van der Waals surface area contributed by atoms with Crippen molar-refractivity contribution >= 4 is 17.4 Å². The number of rotatable bonds is 6. The second-order valence-corrected chi connectivity index (χ2v) is 7.39. The first-order chi connectivity index (χ1) is 15.5. The Morgan fingerprint density at radius 3 is 2.12 bits per heavy atom. The van der Waals surface area contributed by atoms with Crippen LogP contribution in [0.1, 0.15) is 22.7 Å². The predicted octanol–water partition coefficient (Wildman–Crippen LogP) is 4.33. The van der Waals surface area contributed by atoms with Gasteiger partial charge in [0.05, 0.1) is 25.8 Å². The SMILES string of the molecule is COc1ccc(C2/C(=C(\O)c3ccccc3)C(=O)C(=O)N2Cc2ccccc2)cc1OC. The molecule has 1 atom stereocenters. The van der Waals surface area contributed by atoms with Crippen LogP contribution in [0.15, 0.2) is 84.4 Å². The average Bonchev–Trinajstić information content (AvgIpc) is 3.09. The van der Waals surface area contributed by atoms with Crippen molar-refractivity contribution in [2.24, 2.45) is 0 Å². The lowest BCUT2D eigenvalue weighted by Crippen LogP contribution is -2.29. The topological polar surface area (TPSA) is 76.1 Å². The van der Waals surface area contributed by atoms with Crippen LogP contribution >= 0.6 is 0 Å². The van der Waals surface area contributed by atoms with Crippen molar-refractivity contribution < 1.29 is 24.2 Å². The molecule has 6 nitrogen and oxygen atoms in total. The lowest BCUT2D eigenvalue weighted by molar-refractivity contribution is -0.140. The number of methoxy groups -OCH3 is 2. The maximum atomic E-state index is 13.1. The van der Waals surface area contributed by atoms with Crippen molar-refractivity contribution in [2.75, 3.05) is 14.2 Å². The van der Waals surface area contributed by atoms with Gasteiger partial charge in [-0.25, -0.2) is 0 Å². The standard InChI is InChI=1S/C26H23NO5/c1-31-20-14-13-19(15-21(20)32-2)23-22(24(28)18-11-7-4-8-12-18)25(29)26(30)27(23)16-17-9-5-3-6-10-17/h3-15,23,28H,16H2,1-2H3/b24-22+. The van der Waals surface area contributed by atoms with Gasteiger partial charge in [0.1, 0.15) is 5.76 Å². The van der Waals surface area contributed by atoms with Gasteiger partial charge in [-0.15, -0.1) is 0 Å². The van der Waals surface area contributed by atoms with Crippen molar-refractivity contribution in [3.05, 3.63) is 101 Å². The number of amides is 1. The van der Waals surface area contributed by atoms with Crippen LogP contribution in [0, 0.1) is 0 Å². The summed E-state index contributed by atoms with van der Waals surface area (Å²) in [6.07, 6.45) is 0. The highest BCUT2D eigenvalue weighted by Crippen LogP contribution is 2.42. The van der Waals surface area contributed by atoms with E-state index in [1.165, 1.54) is 19.1 Å². The number of benzene rings is 3. The van der Waals surface area contributed by atoms with E-state index in [0.29, 0.717) is 22.6 Å². The highest BCUT2D eigenvalue weighted by molar-refractivity contribution is 6.46. The third kappa shape index (κ3) is 3.83. The Bertz CT molecular complexity index is 1170. The van der Waals surface area contributed by atoms with Crippen LogP contribution in [0.2, 0.25) is 0 Å². The van der Waals surface area contributed by atoms with Gasteiger partial charge in [0, 0.05) is 12.1 Å². The monoisotopic (exact) mass is 429 g/mol. The number of Topliss-reactive ketones (excluding diaryl/α,β-unsaturated/α-hetero) is 1. The number of hydrogen-bond donors (Lipinski definition) is 1. The molecule has 1 aliphatic rings. The van der Waals surface area contributed by atoms with E-state index in [2.05, 4.69) is 0 Å². The van der Waals surface area contributed by atoms with Crippen LogP contribution in [0.25, 0.3) is 5.76 Å². The van der Waals surface area contributed by atoms with Gasteiger partial charge < -0.3 is 19.5 Å². The van der Waals surface area contributed by atoms with Gasteiger partial charge in [-0.3, -0.25) is 9.59 Å². The third-order valence-corrected chi connectivity index (χ3v) is 5.51. The third-order valence-electron chi connectivity index (χ3n) is 5.51. The average molecular weight is 429 g/mol. The zero-order valence-corrected chi connectivity index (χ0v) is 17.8. The van der Waals surface area contributed by atoms with Gasteiger partial charge in [-0.2, -0.15) is 0 Å². The molecule has 4 rings (SSSR count). The Labute approximate surface area is 186 Å². The normalized spacial score (nSPS) is 17.4. The fourth-order valence-corrected chi connectivity index (χ4v) is 3.94. The van der Waals surface area contributed by atoms with E-state index in [4.69, 9.17) is 9.47 Å². The summed E-state index contributed by atoms with van der Waals surface area (Å²) in [6.45, 7) is 0.218. The number of ketones is 1. The quantitative estimate of drug-likeness (QED) is 0.359. The van der Waals surface area contributed by atoms with Crippen LogP contribution in [0.3, 0.4) is 0 Å². The first-order valence-electron chi connectivity index (χ1n) is 10.1. The van der Waals surface area contributed by atoms with Gasteiger partial charge in [-0.1, -0.05) is 66.7 Å². The summed E-state index contributed by atoms with van der Waals surface area (Å²) in [4.78, 5) is 27.7. The number of aliphatic hydroxyl groups excluding tert-OH is 1. The molecule has 6 heteroatoms. The van der Waals surface area contributed by atoms with E-state index < -0.39 is 17.7 Å². The zero-order valence-electron chi connectivity index (χ0n) is 17.8.